The maximum Gasteiger partial charge on any atom is 0.261 e. The molecule has 0 aliphatic heterocycles. The summed E-state index contributed by atoms with van der Waals surface area (Å²) < 4.78 is 1.43. The summed E-state index contributed by atoms with van der Waals surface area (Å²) in [5, 5.41) is 9.57. The van der Waals surface area contributed by atoms with Crippen LogP contribution >= 0.6 is 11.3 Å². The number of thiophene rings is 1. The molecule has 0 bridgehead atoms. The number of nitrogens with zero attached hydrogens (tertiary/aromatic N) is 4. The van der Waals surface area contributed by atoms with Crippen molar-refractivity contribution in [3.05, 3.63) is 35.0 Å². The quantitative estimate of drug-likeness (QED) is 0.619. The van der Waals surface area contributed by atoms with Gasteiger partial charge in [-0.2, -0.15) is 10.2 Å². The molecule has 0 aliphatic rings. The van der Waals surface area contributed by atoms with Crippen molar-refractivity contribution in [3.8, 4) is 0 Å². The fourth-order valence-corrected chi connectivity index (χ4v) is 1.61. The van der Waals surface area contributed by atoms with Crippen molar-refractivity contribution >= 4 is 23.5 Å². The van der Waals surface area contributed by atoms with Crippen molar-refractivity contribution < 1.29 is 4.79 Å². The highest BCUT2D eigenvalue weighted by atomic mass is 32.1. The van der Waals surface area contributed by atoms with E-state index in [2.05, 4.69) is 20.6 Å². The van der Waals surface area contributed by atoms with Crippen LogP contribution in [0.4, 0.5) is 0 Å². The number of amides is 1. The van der Waals surface area contributed by atoms with E-state index in [-0.39, 0.29) is 12.5 Å². The van der Waals surface area contributed by atoms with Gasteiger partial charge in [-0.25, -0.2) is 15.1 Å². The zero-order chi connectivity index (χ0) is 11.2. The molecular weight excluding hydrogens is 226 g/mol. The van der Waals surface area contributed by atoms with Gasteiger partial charge in [0, 0.05) is 4.88 Å². The van der Waals surface area contributed by atoms with Crippen LogP contribution in [0.1, 0.15) is 4.88 Å². The predicted octanol–water partition coefficient (Wildman–Crippen LogP) is 0.490. The van der Waals surface area contributed by atoms with E-state index in [1.54, 1.807) is 17.6 Å². The van der Waals surface area contributed by atoms with E-state index in [1.165, 1.54) is 17.3 Å². The van der Waals surface area contributed by atoms with Gasteiger partial charge in [-0.3, -0.25) is 4.79 Å². The van der Waals surface area contributed by atoms with Crippen LogP contribution in [0.5, 0.6) is 0 Å². The Labute approximate surface area is 95.6 Å². The van der Waals surface area contributed by atoms with Gasteiger partial charge in [0.05, 0.1) is 6.21 Å². The van der Waals surface area contributed by atoms with Crippen LogP contribution in [0, 0.1) is 0 Å². The molecule has 0 spiro atoms. The number of hydrogen-bond donors (Lipinski definition) is 1. The van der Waals surface area contributed by atoms with E-state index < -0.39 is 0 Å². The molecule has 2 heterocycles. The highest BCUT2D eigenvalue weighted by molar-refractivity contribution is 7.11. The summed E-state index contributed by atoms with van der Waals surface area (Å²) in [5.41, 5.74) is 2.41. The fraction of sp³-hybridized carbons (Fsp3) is 0.111. The van der Waals surface area contributed by atoms with Gasteiger partial charge in [0.15, 0.2) is 0 Å². The first kappa shape index (κ1) is 10.5. The van der Waals surface area contributed by atoms with Crippen molar-refractivity contribution in [1.29, 1.82) is 0 Å². The second kappa shape index (κ2) is 5.17. The first-order valence-corrected chi connectivity index (χ1v) is 5.40. The van der Waals surface area contributed by atoms with Gasteiger partial charge in [0.1, 0.15) is 19.2 Å². The van der Waals surface area contributed by atoms with Gasteiger partial charge in [0.25, 0.3) is 5.91 Å². The topological polar surface area (TPSA) is 72.2 Å². The summed E-state index contributed by atoms with van der Waals surface area (Å²) in [7, 11) is 0. The van der Waals surface area contributed by atoms with Gasteiger partial charge in [0.2, 0.25) is 0 Å². The van der Waals surface area contributed by atoms with Crippen LogP contribution in [0.15, 0.2) is 35.3 Å². The number of nitrogens with one attached hydrogen (secondary N) is 1. The van der Waals surface area contributed by atoms with Crippen LogP contribution in [0.25, 0.3) is 0 Å². The zero-order valence-corrected chi connectivity index (χ0v) is 9.09. The third kappa shape index (κ3) is 2.99. The van der Waals surface area contributed by atoms with Crippen LogP contribution in [-0.2, 0) is 11.3 Å². The third-order valence-electron chi connectivity index (χ3n) is 1.70. The molecule has 0 saturated heterocycles. The molecule has 0 atom stereocenters. The molecule has 2 rings (SSSR count). The van der Waals surface area contributed by atoms with E-state index in [0.717, 1.165) is 4.88 Å². The second-order valence-corrected chi connectivity index (χ2v) is 3.88. The molecule has 0 aliphatic carbocycles. The Hall–Kier alpha value is -2.02. The number of carbonyl (C=O) groups excluding carboxylic acids is 1. The van der Waals surface area contributed by atoms with Crippen molar-refractivity contribution in [3.63, 3.8) is 0 Å². The molecule has 0 fully saturated rings. The van der Waals surface area contributed by atoms with Crippen LogP contribution in [0.2, 0.25) is 0 Å². The molecule has 16 heavy (non-hydrogen) atoms. The molecule has 7 heteroatoms. The molecule has 2 aromatic heterocycles. The molecule has 2 aromatic rings. The monoisotopic (exact) mass is 235 g/mol. The molecule has 0 unspecified atom stereocenters. The van der Waals surface area contributed by atoms with Crippen molar-refractivity contribution in [2.45, 2.75) is 6.54 Å². The van der Waals surface area contributed by atoms with Crippen molar-refractivity contribution in [2.24, 2.45) is 5.10 Å². The minimum Gasteiger partial charge on any atom is -0.271 e. The minimum absolute atomic E-state index is 0.113. The van der Waals surface area contributed by atoms with Crippen LogP contribution < -0.4 is 5.43 Å². The van der Waals surface area contributed by atoms with Crippen molar-refractivity contribution in [1.82, 2.24) is 20.2 Å². The normalized spacial score (nSPS) is 10.8. The van der Waals surface area contributed by atoms with Gasteiger partial charge in [-0.05, 0) is 11.4 Å². The molecule has 0 aromatic carbocycles. The Morgan fingerprint density at radius 2 is 2.62 bits per heavy atom. The van der Waals surface area contributed by atoms with E-state index in [0.29, 0.717) is 0 Å². The SMILES string of the molecule is O=C(Cn1cncn1)N/N=C/c1cccs1. The lowest BCUT2D eigenvalue weighted by atomic mass is 10.5. The predicted molar refractivity (Wildman–Crippen MR) is 60.1 cm³/mol. The van der Waals surface area contributed by atoms with Gasteiger partial charge in [-0.15, -0.1) is 11.3 Å². The Bertz CT molecular complexity index is 462. The van der Waals surface area contributed by atoms with Gasteiger partial charge >= 0.3 is 0 Å². The summed E-state index contributed by atoms with van der Waals surface area (Å²) in [6.07, 6.45) is 4.45. The van der Waals surface area contributed by atoms with Gasteiger partial charge in [-0.1, -0.05) is 6.07 Å². The van der Waals surface area contributed by atoms with E-state index in [4.69, 9.17) is 0 Å². The highest BCUT2D eigenvalue weighted by Crippen LogP contribution is 2.03. The summed E-state index contributed by atoms with van der Waals surface area (Å²) in [4.78, 5) is 16.0. The van der Waals surface area contributed by atoms with Crippen LogP contribution in [0.3, 0.4) is 0 Å². The molecule has 0 saturated carbocycles. The summed E-state index contributed by atoms with van der Waals surface area (Å²) in [5.74, 6) is -0.238. The average molecular weight is 235 g/mol. The summed E-state index contributed by atoms with van der Waals surface area (Å²) in [6.45, 7) is 0.113. The maximum absolute atomic E-state index is 11.3. The number of carbonyl (C=O) groups is 1. The molecular formula is C9H9N5OS. The molecule has 82 valence electrons. The molecule has 1 N–H and O–H groups in total. The lowest BCUT2D eigenvalue weighted by Gasteiger charge is -1.98. The minimum atomic E-state index is -0.238. The lowest BCUT2D eigenvalue weighted by Crippen LogP contribution is -2.23. The lowest BCUT2D eigenvalue weighted by molar-refractivity contribution is -0.121. The Morgan fingerprint density at radius 1 is 1.69 bits per heavy atom. The first-order chi connectivity index (χ1) is 7.84. The maximum atomic E-state index is 11.3. The average Bonchev–Trinajstić information content (AvgIpc) is 2.90. The smallest absolute Gasteiger partial charge is 0.261 e. The molecule has 0 radical (unpaired) electrons. The van der Waals surface area contributed by atoms with Gasteiger partial charge < -0.3 is 0 Å². The number of hydrogen-bond acceptors (Lipinski definition) is 5. The van der Waals surface area contributed by atoms with E-state index in [1.807, 2.05) is 17.5 Å². The largest absolute Gasteiger partial charge is 0.271 e. The Morgan fingerprint density at radius 3 is 3.31 bits per heavy atom. The standard InChI is InChI=1S/C9H9N5OS/c15-9(5-14-7-10-6-12-14)13-11-4-8-2-1-3-16-8/h1-4,6-7H,5H2,(H,13,15)/b11-4+. The van der Waals surface area contributed by atoms with Crippen LogP contribution in [-0.4, -0.2) is 26.9 Å². The Kier molecular flexibility index (Phi) is 3.39. The summed E-state index contributed by atoms with van der Waals surface area (Å²) in [6, 6.07) is 3.83. The number of rotatable bonds is 4. The van der Waals surface area contributed by atoms with E-state index >= 15 is 0 Å². The molecule has 1 amide bonds. The summed E-state index contributed by atoms with van der Waals surface area (Å²) >= 11 is 1.55. The fourth-order valence-electron chi connectivity index (χ4n) is 1.03. The zero-order valence-electron chi connectivity index (χ0n) is 8.28. The number of hydrazone groups is 1. The van der Waals surface area contributed by atoms with E-state index in [9.17, 15) is 4.79 Å². The molecule has 6 nitrogen and oxygen atoms in total. The Balaban J connectivity index is 1.80. The highest BCUT2D eigenvalue weighted by Gasteiger charge is 2.00. The second-order valence-electron chi connectivity index (χ2n) is 2.90. The number of aromatic nitrogens is 3. The first-order valence-electron chi connectivity index (χ1n) is 4.52. The third-order valence-corrected chi connectivity index (χ3v) is 2.50. The van der Waals surface area contributed by atoms with Crippen molar-refractivity contribution in [2.75, 3.05) is 0 Å².